The molecule has 0 aromatic heterocycles. The van der Waals surface area contributed by atoms with Gasteiger partial charge in [-0.25, -0.2) is 14.3 Å². The van der Waals surface area contributed by atoms with Crippen LogP contribution < -0.4 is 9.91 Å². The van der Waals surface area contributed by atoms with Gasteiger partial charge in [-0.15, -0.1) is 0 Å². The van der Waals surface area contributed by atoms with Crippen LogP contribution >= 0.6 is 11.6 Å². The molecule has 2 heterocycles. The first-order valence-corrected chi connectivity index (χ1v) is 7.95. The summed E-state index contributed by atoms with van der Waals surface area (Å²) in [5, 5.41) is 9.06. The van der Waals surface area contributed by atoms with Crippen LogP contribution in [0.25, 0.3) is 0 Å². The Morgan fingerprint density at radius 3 is 2.40 bits per heavy atom. The van der Waals surface area contributed by atoms with E-state index in [-0.39, 0.29) is 5.02 Å². The molecule has 0 aliphatic carbocycles. The first-order chi connectivity index (χ1) is 12.0. The van der Waals surface area contributed by atoms with Crippen molar-refractivity contribution < 1.29 is 14.0 Å². The number of benzene rings is 2. The number of anilines is 2. The molecule has 2 aliphatic rings. The highest BCUT2D eigenvalue weighted by molar-refractivity contribution is 6.31. The van der Waals surface area contributed by atoms with Crippen LogP contribution in [0.3, 0.4) is 0 Å². The van der Waals surface area contributed by atoms with Gasteiger partial charge in [0.2, 0.25) is 0 Å². The summed E-state index contributed by atoms with van der Waals surface area (Å²) in [6, 6.07) is 9.23. The van der Waals surface area contributed by atoms with E-state index in [9.17, 15) is 14.0 Å². The van der Waals surface area contributed by atoms with E-state index in [0.29, 0.717) is 11.4 Å². The second kappa shape index (κ2) is 5.63. The average Bonchev–Trinajstić information content (AvgIpc) is 3.13. The lowest BCUT2D eigenvalue weighted by molar-refractivity contribution is -0.121. The number of fused-ring (bicyclic) bond motifs is 1. The number of carbonyl (C=O) groups is 2. The van der Waals surface area contributed by atoms with Crippen molar-refractivity contribution in [3.8, 4) is 0 Å². The van der Waals surface area contributed by atoms with Crippen LogP contribution in [-0.4, -0.2) is 23.9 Å². The number of hydrogen-bond acceptors (Lipinski definition) is 5. The molecule has 0 N–H and O–H groups in total. The number of rotatable bonds is 2. The molecule has 2 aromatic carbocycles. The molecule has 0 saturated carbocycles. The third kappa shape index (κ3) is 2.39. The highest BCUT2D eigenvalue weighted by atomic mass is 35.5. The highest BCUT2D eigenvalue weighted by Gasteiger charge is 2.55. The van der Waals surface area contributed by atoms with Crippen LogP contribution in [0.15, 0.2) is 52.8 Å². The Labute approximate surface area is 147 Å². The molecule has 2 amide bonds. The Kier molecular flexibility index (Phi) is 3.54. The summed E-state index contributed by atoms with van der Waals surface area (Å²) in [4.78, 5) is 26.6. The van der Waals surface area contributed by atoms with E-state index in [2.05, 4.69) is 10.3 Å². The lowest BCUT2D eigenvalue weighted by Crippen LogP contribution is -2.39. The largest absolute Gasteiger partial charge is 0.271 e. The number of amides is 2. The van der Waals surface area contributed by atoms with Crippen LogP contribution in [0.5, 0.6) is 0 Å². The lowest BCUT2D eigenvalue weighted by atomic mass is 10.1. The van der Waals surface area contributed by atoms with Gasteiger partial charge in [0, 0.05) is 0 Å². The number of carbonyl (C=O) groups excluding carboxylic acids is 2. The number of hydrogen-bond donors (Lipinski definition) is 0. The van der Waals surface area contributed by atoms with E-state index in [1.54, 1.807) is 12.1 Å². The first kappa shape index (κ1) is 15.7. The Balaban J connectivity index is 1.70. The van der Waals surface area contributed by atoms with Gasteiger partial charge in [-0.1, -0.05) is 34.5 Å². The van der Waals surface area contributed by atoms with E-state index in [1.165, 1.54) is 23.2 Å². The summed E-state index contributed by atoms with van der Waals surface area (Å²) in [6.07, 6.45) is 0. The first-order valence-electron chi connectivity index (χ1n) is 7.57. The third-order valence-corrected chi connectivity index (χ3v) is 4.53. The molecule has 0 spiro atoms. The number of imide groups is 1. The Bertz CT molecular complexity index is 915. The van der Waals surface area contributed by atoms with Crippen LogP contribution in [0.1, 0.15) is 5.56 Å². The van der Waals surface area contributed by atoms with Crippen molar-refractivity contribution in [2.24, 2.45) is 10.3 Å². The van der Waals surface area contributed by atoms with Crippen molar-refractivity contribution >= 4 is 34.8 Å². The van der Waals surface area contributed by atoms with Crippen LogP contribution in [0.2, 0.25) is 5.02 Å². The summed E-state index contributed by atoms with van der Waals surface area (Å²) < 4.78 is 13.4. The molecule has 4 rings (SSSR count). The second-order valence-electron chi connectivity index (χ2n) is 5.89. The molecule has 1 fully saturated rings. The minimum Gasteiger partial charge on any atom is -0.271 e. The predicted molar refractivity (Wildman–Crippen MR) is 90.0 cm³/mol. The molecule has 126 valence electrons. The molecule has 8 heteroatoms. The topological polar surface area (TPSA) is 65.3 Å². The maximum absolute atomic E-state index is 13.4. The third-order valence-electron chi connectivity index (χ3n) is 4.24. The zero-order valence-corrected chi connectivity index (χ0v) is 13.8. The van der Waals surface area contributed by atoms with E-state index >= 15 is 0 Å². The van der Waals surface area contributed by atoms with Crippen molar-refractivity contribution in [1.82, 2.24) is 0 Å². The molecular weight excluding hydrogens is 347 g/mol. The minimum absolute atomic E-state index is 0.0942. The monoisotopic (exact) mass is 358 g/mol. The predicted octanol–water partition coefficient (Wildman–Crippen LogP) is 3.29. The van der Waals surface area contributed by atoms with Gasteiger partial charge in [-0.05, 0) is 37.3 Å². The van der Waals surface area contributed by atoms with Crippen molar-refractivity contribution in [3.05, 3.63) is 58.9 Å². The molecule has 2 aromatic rings. The van der Waals surface area contributed by atoms with Crippen LogP contribution in [0.4, 0.5) is 15.8 Å². The van der Waals surface area contributed by atoms with Crippen molar-refractivity contribution in [3.63, 3.8) is 0 Å². The number of aryl methyl sites for hydroxylation is 1. The summed E-state index contributed by atoms with van der Waals surface area (Å²) in [7, 11) is 0. The maximum atomic E-state index is 13.4. The Morgan fingerprint density at radius 1 is 1.04 bits per heavy atom. The molecule has 6 nitrogen and oxygen atoms in total. The van der Waals surface area contributed by atoms with Crippen LogP contribution in [-0.2, 0) is 9.59 Å². The zero-order chi connectivity index (χ0) is 17.7. The average molecular weight is 359 g/mol. The number of nitrogens with zero attached hydrogens (tertiary/aromatic N) is 4. The van der Waals surface area contributed by atoms with E-state index in [0.717, 1.165) is 10.5 Å². The fourth-order valence-electron chi connectivity index (χ4n) is 2.95. The van der Waals surface area contributed by atoms with Crippen molar-refractivity contribution in [2.45, 2.75) is 19.0 Å². The van der Waals surface area contributed by atoms with E-state index in [4.69, 9.17) is 11.6 Å². The van der Waals surface area contributed by atoms with Gasteiger partial charge < -0.3 is 0 Å². The molecule has 0 unspecified atom stereocenters. The minimum atomic E-state index is -0.919. The van der Waals surface area contributed by atoms with Gasteiger partial charge in [0.25, 0.3) is 11.8 Å². The summed E-state index contributed by atoms with van der Waals surface area (Å²) in [5.74, 6) is -1.43. The maximum Gasteiger partial charge on any atom is 0.263 e. The molecule has 0 bridgehead atoms. The molecule has 1 saturated heterocycles. The van der Waals surface area contributed by atoms with Gasteiger partial charge in [0.15, 0.2) is 12.1 Å². The van der Waals surface area contributed by atoms with Gasteiger partial charge in [-0.3, -0.25) is 9.59 Å². The van der Waals surface area contributed by atoms with Gasteiger partial charge in [0.1, 0.15) is 5.82 Å². The molecule has 25 heavy (non-hydrogen) atoms. The normalized spacial score (nSPS) is 22.0. The molecule has 2 aliphatic heterocycles. The summed E-state index contributed by atoms with van der Waals surface area (Å²) in [5.41, 5.74) is 1.90. The fraction of sp³-hybridized carbons (Fsp3) is 0.176. The highest BCUT2D eigenvalue weighted by Crippen LogP contribution is 2.36. The van der Waals surface area contributed by atoms with Gasteiger partial charge in [-0.2, -0.15) is 5.11 Å². The van der Waals surface area contributed by atoms with Crippen molar-refractivity contribution in [1.29, 1.82) is 0 Å². The second-order valence-corrected chi connectivity index (χ2v) is 6.29. The molecule has 2 atom stereocenters. The number of halogens is 2. The SMILES string of the molecule is Cc1ccc(N2C(=O)[C@@H]3[C@@H](N=NN3c3ccc(F)c(Cl)c3)C2=O)cc1. The zero-order valence-electron chi connectivity index (χ0n) is 13.1. The lowest BCUT2D eigenvalue weighted by Gasteiger charge is -2.20. The summed E-state index contributed by atoms with van der Waals surface area (Å²) in [6.45, 7) is 1.92. The standard InChI is InChI=1S/C17H12ClFN4O2/c1-9-2-4-10(5-3-9)22-16(24)14-15(17(22)25)23(21-20-14)11-6-7-13(19)12(18)8-11/h2-8,14-15H,1H3/t14-,15+/m1/s1. The summed E-state index contributed by atoms with van der Waals surface area (Å²) >= 11 is 5.80. The quantitative estimate of drug-likeness (QED) is 0.774. The molecule has 0 radical (unpaired) electrons. The van der Waals surface area contributed by atoms with Crippen LogP contribution in [0, 0.1) is 12.7 Å². The smallest absolute Gasteiger partial charge is 0.263 e. The van der Waals surface area contributed by atoms with Gasteiger partial charge in [0.05, 0.1) is 16.4 Å². The van der Waals surface area contributed by atoms with Crippen molar-refractivity contribution in [2.75, 3.05) is 9.91 Å². The van der Waals surface area contributed by atoms with E-state index in [1.807, 2.05) is 19.1 Å². The van der Waals surface area contributed by atoms with Gasteiger partial charge >= 0.3 is 0 Å². The fourth-order valence-corrected chi connectivity index (χ4v) is 3.12. The van der Waals surface area contributed by atoms with E-state index < -0.39 is 29.7 Å². The molecular formula is C17H12ClFN4O2. The Hall–Kier alpha value is -2.80. The Morgan fingerprint density at radius 2 is 1.72 bits per heavy atom.